The van der Waals surface area contributed by atoms with Crippen molar-refractivity contribution in [3.63, 3.8) is 0 Å². The summed E-state index contributed by atoms with van der Waals surface area (Å²) in [4.78, 5) is 17.0. The van der Waals surface area contributed by atoms with Crippen LogP contribution in [0.2, 0.25) is 0 Å². The number of carbonyl (C=O) groups excluding carboxylic acids is 1. The largest absolute Gasteiger partial charge is 0.423 e. The maximum Gasteiger partial charge on any atom is 0.346 e. The maximum atomic E-state index is 14.4. The highest BCUT2D eigenvalue weighted by molar-refractivity contribution is 5.91. The smallest absolute Gasteiger partial charge is 0.346 e. The molecule has 4 heteroatoms. The molecule has 3 nitrogen and oxygen atoms in total. The highest BCUT2D eigenvalue weighted by Gasteiger charge is 2.15. The minimum atomic E-state index is -0.689. The number of hydrogen-bond donors (Lipinski definition) is 0. The number of ether oxygens (including phenoxy) is 1. The predicted molar refractivity (Wildman–Crippen MR) is 132 cm³/mol. The number of aryl methyl sites for hydroxylation is 2. The van der Waals surface area contributed by atoms with E-state index in [4.69, 9.17) is 4.74 Å². The molecule has 0 fully saturated rings. The van der Waals surface area contributed by atoms with Crippen LogP contribution in [0.1, 0.15) is 80.3 Å². The highest BCUT2D eigenvalue weighted by Crippen LogP contribution is 2.23. The monoisotopic (exact) mass is 447 g/mol. The normalized spacial score (nSPS) is 10.9. The van der Waals surface area contributed by atoms with Gasteiger partial charge in [0.15, 0.2) is 0 Å². The molecule has 0 saturated heterocycles. The molecule has 0 N–H and O–H groups in total. The van der Waals surface area contributed by atoms with E-state index in [0.717, 1.165) is 48.9 Å². The molecule has 3 rings (SSSR count). The van der Waals surface area contributed by atoms with Crippen molar-refractivity contribution in [2.45, 2.75) is 71.6 Å². The zero-order chi connectivity index (χ0) is 23.5. The Balaban J connectivity index is 1.57. The highest BCUT2D eigenvalue weighted by atomic mass is 19.1. The lowest BCUT2D eigenvalue weighted by molar-refractivity contribution is 0.0730. The summed E-state index contributed by atoms with van der Waals surface area (Å²) < 4.78 is 19.8. The van der Waals surface area contributed by atoms with Crippen LogP contribution in [-0.2, 0) is 12.8 Å². The molecule has 2 aromatic carbocycles. The molecule has 0 atom stereocenters. The van der Waals surface area contributed by atoms with Crippen LogP contribution in [0, 0.1) is 5.82 Å². The van der Waals surface area contributed by atoms with Gasteiger partial charge in [-0.05, 0) is 79.3 Å². The number of esters is 1. The molecule has 1 heterocycles. The third-order valence-corrected chi connectivity index (χ3v) is 5.83. The number of nitrogens with zero attached hydrogens (tertiary/aromatic N) is 1. The van der Waals surface area contributed by atoms with Gasteiger partial charge in [0.2, 0.25) is 0 Å². The second-order valence-electron chi connectivity index (χ2n) is 8.55. The van der Waals surface area contributed by atoms with Gasteiger partial charge in [-0.3, -0.25) is 4.98 Å². The van der Waals surface area contributed by atoms with Gasteiger partial charge >= 0.3 is 5.97 Å². The lowest BCUT2D eigenvalue weighted by atomic mass is 10.0. The van der Waals surface area contributed by atoms with Gasteiger partial charge in [0, 0.05) is 11.8 Å². The van der Waals surface area contributed by atoms with Crippen molar-refractivity contribution in [3.8, 4) is 17.0 Å². The quantitative estimate of drug-likeness (QED) is 0.161. The van der Waals surface area contributed by atoms with Crippen LogP contribution in [0.15, 0.2) is 60.8 Å². The lowest BCUT2D eigenvalue weighted by Crippen LogP contribution is -2.11. The van der Waals surface area contributed by atoms with E-state index in [-0.39, 0.29) is 5.56 Å². The molecule has 0 aliphatic rings. The van der Waals surface area contributed by atoms with Crippen LogP contribution >= 0.6 is 0 Å². The van der Waals surface area contributed by atoms with Crippen molar-refractivity contribution in [3.05, 3.63) is 83.3 Å². The fourth-order valence-corrected chi connectivity index (χ4v) is 3.81. The van der Waals surface area contributed by atoms with Crippen molar-refractivity contribution < 1.29 is 13.9 Å². The first-order chi connectivity index (χ1) is 16.1. The van der Waals surface area contributed by atoms with Crippen molar-refractivity contribution in [2.75, 3.05) is 0 Å². The second kappa shape index (κ2) is 12.9. The summed E-state index contributed by atoms with van der Waals surface area (Å²) in [6.07, 6.45) is 12.0. The zero-order valence-electron chi connectivity index (χ0n) is 19.8. The average Bonchev–Trinajstić information content (AvgIpc) is 2.83. The van der Waals surface area contributed by atoms with E-state index in [2.05, 4.69) is 24.9 Å². The molecule has 0 radical (unpaired) electrons. The average molecular weight is 448 g/mol. The van der Waals surface area contributed by atoms with Crippen LogP contribution in [-0.4, -0.2) is 11.0 Å². The number of pyridine rings is 1. The van der Waals surface area contributed by atoms with Crippen molar-refractivity contribution in [1.29, 1.82) is 0 Å². The summed E-state index contributed by atoms with van der Waals surface area (Å²) in [5.74, 6) is -0.849. The van der Waals surface area contributed by atoms with Gasteiger partial charge in [0.1, 0.15) is 11.6 Å². The third-order valence-electron chi connectivity index (χ3n) is 5.83. The minimum Gasteiger partial charge on any atom is -0.423 e. The van der Waals surface area contributed by atoms with Gasteiger partial charge in [0.25, 0.3) is 0 Å². The third kappa shape index (κ3) is 7.52. The Bertz CT molecular complexity index is 1010. The molecule has 1 aromatic heterocycles. The number of unbranched alkanes of at least 4 members (excludes halogenated alkanes) is 5. The Morgan fingerprint density at radius 3 is 2.15 bits per heavy atom. The Morgan fingerprint density at radius 2 is 1.48 bits per heavy atom. The first kappa shape index (κ1) is 24.6. The van der Waals surface area contributed by atoms with E-state index in [9.17, 15) is 9.18 Å². The topological polar surface area (TPSA) is 39.2 Å². The Hall–Kier alpha value is -3.01. The maximum absolute atomic E-state index is 14.4. The first-order valence-electron chi connectivity index (χ1n) is 12.2. The molecule has 0 saturated carbocycles. The molecule has 0 amide bonds. The molecule has 0 aliphatic heterocycles. The van der Waals surface area contributed by atoms with E-state index in [1.54, 1.807) is 18.2 Å². The summed E-state index contributed by atoms with van der Waals surface area (Å²) in [6.45, 7) is 4.35. The van der Waals surface area contributed by atoms with Crippen molar-refractivity contribution in [2.24, 2.45) is 0 Å². The van der Waals surface area contributed by atoms with E-state index < -0.39 is 11.8 Å². The van der Waals surface area contributed by atoms with Gasteiger partial charge in [-0.2, -0.15) is 0 Å². The van der Waals surface area contributed by atoms with Crippen LogP contribution in [0.4, 0.5) is 4.39 Å². The number of carbonyl (C=O) groups is 1. The van der Waals surface area contributed by atoms with Gasteiger partial charge in [-0.15, -0.1) is 0 Å². The predicted octanol–water partition coefficient (Wildman–Crippen LogP) is 7.96. The lowest BCUT2D eigenvalue weighted by Gasteiger charge is -2.08. The Kier molecular flexibility index (Phi) is 9.61. The molecular weight excluding hydrogens is 413 g/mol. The minimum absolute atomic E-state index is 0.0467. The zero-order valence-corrected chi connectivity index (χ0v) is 19.8. The standard InChI is InChI=1S/C29H34FNO2/c1-3-5-7-9-11-23-13-19-28(31-21-23)24-14-16-25(17-15-24)33-29(32)26-18-12-22(20-27(26)30)10-8-6-4-2/h12-21H,3-11H2,1-2H3. The Labute approximate surface area is 197 Å². The van der Waals surface area contributed by atoms with Gasteiger partial charge in [0.05, 0.1) is 11.3 Å². The number of aromatic nitrogens is 1. The van der Waals surface area contributed by atoms with Gasteiger partial charge in [-0.1, -0.05) is 58.1 Å². The molecule has 0 unspecified atom stereocenters. The summed E-state index contributed by atoms with van der Waals surface area (Å²) >= 11 is 0. The van der Waals surface area contributed by atoms with E-state index in [1.165, 1.54) is 43.4 Å². The molecule has 0 spiro atoms. The molecule has 0 aliphatic carbocycles. The summed E-state index contributed by atoms with van der Waals surface area (Å²) in [5.41, 5.74) is 3.92. The van der Waals surface area contributed by atoms with Crippen LogP contribution in [0.3, 0.4) is 0 Å². The molecule has 3 aromatic rings. The van der Waals surface area contributed by atoms with Crippen LogP contribution in [0.5, 0.6) is 5.75 Å². The Morgan fingerprint density at radius 1 is 0.818 bits per heavy atom. The van der Waals surface area contributed by atoms with E-state index in [1.807, 2.05) is 24.4 Å². The second-order valence-corrected chi connectivity index (χ2v) is 8.55. The SMILES string of the molecule is CCCCCCc1ccc(-c2ccc(OC(=O)c3ccc(CCCCC)cc3F)cc2)nc1. The summed E-state index contributed by atoms with van der Waals surface area (Å²) in [7, 11) is 0. The molecule has 0 bridgehead atoms. The molecular formula is C29H34FNO2. The van der Waals surface area contributed by atoms with Crippen molar-refractivity contribution in [1.82, 2.24) is 4.98 Å². The first-order valence-corrected chi connectivity index (χ1v) is 12.2. The summed E-state index contributed by atoms with van der Waals surface area (Å²) in [5, 5.41) is 0. The fraction of sp³-hybridized carbons (Fsp3) is 0.379. The van der Waals surface area contributed by atoms with E-state index >= 15 is 0 Å². The number of hydrogen-bond acceptors (Lipinski definition) is 3. The van der Waals surface area contributed by atoms with Crippen LogP contribution in [0.25, 0.3) is 11.3 Å². The number of rotatable bonds is 12. The van der Waals surface area contributed by atoms with Crippen LogP contribution < -0.4 is 4.74 Å². The number of benzene rings is 2. The van der Waals surface area contributed by atoms with Gasteiger partial charge < -0.3 is 4.74 Å². The summed E-state index contributed by atoms with van der Waals surface area (Å²) in [6, 6.07) is 16.0. The van der Waals surface area contributed by atoms with E-state index in [0.29, 0.717) is 5.75 Å². The molecule has 33 heavy (non-hydrogen) atoms. The number of halogens is 1. The fourth-order valence-electron chi connectivity index (χ4n) is 3.81. The molecule has 174 valence electrons. The van der Waals surface area contributed by atoms with Gasteiger partial charge in [-0.25, -0.2) is 9.18 Å². The van der Waals surface area contributed by atoms with Crippen molar-refractivity contribution >= 4 is 5.97 Å².